The Morgan fingerprint density at radius 1 is 0.889 bits per heavy atom. The Kier molecular flexibility index (Phi) is 10.7. The van der Waals surface area contributed by atoms with Crippen molar-refractivity contribution < 1.29 is 42.9 Å². The van der Waals surface area contributed by atoms with E-state index >= 15 is 0 Å². The van der Waals surface area contributed by atoms with E-state index < -0.39 is 53.9 Å². The predicted molar refractivity (Wildman–Crippen MR) is 127 cm³/mol. The van der Waals surface area contributed by atoms with Crippen molar-refractivity contribution in [3.63, 3.8) is 0 Å². The van der Waals surface area contributed by atoms with Crippen LogP contribution >= 0.6 is 0 Å². The zero-order valence-electron chi connectivity index (χ0n) is 21.9. The number of ether oxygens (including phenoxy) is 4. The number of hydrazine groups is 1. The fraction of sp³-hybridized carbons (Fsp3) is 0.542. The van der Waals surface area contributed by atoms with Crippen LogP contribution < -0.4 is 5.32 Å². The Labute approximate surface area is 210 Å². The van der Waals surface area contributed by atoms with Crippen LogP contribution in [0.15, 0.2) is 30.3 Å². The molecule has 1 N–H and O–H groups in total. The number of nitrogens with zero attached hydrogens (tertiary/aromatic N) is 2. The molecule has 1 rings (SSSR count). The molecule has 12 nitrogen and oxygen atoms in total. The summed E-state index contributed by atoms with van der Waals surface area (Å²) in [6.45, 7) is 9.71. The molecule has 0 aliphatic heterocycles. The number of benzene rings is 1. The maximum absolute atomic E-state index is 13.3. The van der Waals surface area contributed by atoms with Crippen molar-refractivity contribution in [1.82, 2.24) is 15.3 Å². The summed E-state index contributed by atoms with van der Waals surface area (Å²) in [6.07, 6.45) is -3.47. The normalized spacial score (nSPS) is 12.0. The van der Waals surface area contributed by atoms with Crippen molar-refractivity contribution in [3.8, 4) is 0 Å². The SMILES string of the molecule is COC(=O)CN(C(=O)C(C)NC(=O)OCc1ccccc1)N(C(=O)OC(C)(C)C)C(=O)OC(C)(C)C. The van der Waals surface area contributed by atoms with Gasteiger partial charge in [-0.15, -0.1) is 5.01 Å². The standard InChI is InChI=1S/C24H35N3O9/c1-16(25-20(30)34-15-17-12-10-9-11-13-17)19(29)26(14-18(28)33-8)27(21(31)35-23(2,3)4)22(32)36-24(5,6)7/h9-13,16H,14-15H2,1-8H3,(H,25,30). The van der Waals surface area contributed by atoms with Gasteiger partial charge in [0.05, 0.1) is 7.11 Å². The molecule has 0 radical (unpaired) electrons. The Morgan fingerprint density at radius 2 is 1.39 bits per heavy atom. The van der Waals surface area contributed by atoms with E-state index in [0.29, 0.717) is 5.01 Å². The van der Waals surface area contributed by atoms with Crippen LogP contribution in [0.4, 0.5) is 14.4 Å². The number of amides is 4. The molecule has 0 aromatic heterocycles. The Morgan fingerprint density at radius 3 is 1.83 bits per heavy atom. The minimum Gasteiger partial charge on any atom is -0.468 e. The molecule has 1 aromatic rings. The number of carbonyl (C=O) groups is 5. The van der Waals surface area contributed by atoms with Crippen LogP contribution in [0.3, 0.4) is 0 Å². The van der Waals surface area contributed by atoms with Crippen molar-refractivity contribution in [1.29, 1.82) is 0 Å². The molecule has 0 saturated carbocycles. The van der Waals surface area contributed by atoms with Gasteiger partial charge >= 0.3 is 24.2 Å². The highest BCUT2D eigenvalue weighted by Gasteiger charge is 2.41. The molecule has 1 aromatic carbocycles. The van der Waals surface area contributed by atoms with Crippen LogP contribution in [0.5, 0.6) is 0 Å². The van der Waals surface area contributed by atoms with Gasteiger partial charge in [-0.1, -0.05) is 30.3 Å². The van der Waals surface area contributed by atoms with Gasteiger partial charge in [0.1, 0.15) is 30.4 Å². The number of esters is 1. The van der Waals surface area contributed by atoms with Gasteiger partial charge in [0.2, 0.25) is 0 Å². The van der Waals surface area contributed by atoms with Crippen molar-refractivity contribution in [3.05, 3.63) is 35.9 Å². The third-order valence-corrected chi connectivity index (χ3v) is 4.05. The molecular weight excluding hydrogens is 474 g/mol. The second kappa shape index (κ2) is 12.8. The smallest absolute Gasteiger partial charge is 0.439 e. The lowest BCUT2D eigenvalue weighted by Crippen LogP contribution is -2.60. The Bertz CT molecular complexity index is 908. The number of hydrogen-bond acceptors (Lipinski definition) is 9. The largest absolute Gasteiger partial charge is 0.468 e. The first-order chi connectivity index (χ1) is 16.5. The second-order valence-corrected chi connectivity index (χ2v) is 9.67. The van der Waals surface area contributed by atoms with E-state index in [0.717, 1.165) is 12.7 Å². The summed E-state index contributed by atoms with van der Waals surface area (Å²) in [5.74, 6) is -1.95. The van der Waals surface area contributed by atoms with Crippen LogP contribution in [-0.4, -0.2) is 71.1 Å². The summed E-state index contributed by atoms with van der Waals surface area (Å²) in [4.78, 5) is 63.5. The van der Waals surface area contributed by atoms with Gasteiger partial charge in [0.15, 0.2) is 0 Å². The first kappa shape index (κ1) is 30.2. The van der Waals surface area contributed by atoms with Gasteiger partial charge in [0, 0.05) is 0 Å². The minimum atomic E-state index is -1.33. The molecule has 0 fully saturated rings. The molecule has 12 heteroatoms. The highest BCUT2D eigenvalue weighted by Crippen LogP contribution is 2.17. The van der Waals surface area contributed by atoms with Gasteiger partial charge < -0.3 is 24.3 Å². The summed E-state index contributed by atoms with van der Waals surface area (Å²) in [6, 6.07) is 7.52. The van der Waals surface area contributed by atoms with E-state index in [1.165, 1.54) is 6.92 Å². The number of methoxy groups -OCH3 is 1. The predicted octanol–water partition coefficient (Wildman–Crippen LogP) is 3.39. The summed E-state index contributed by atoms with van der Waals surface area (Å²) in [7, 11) is 1.07. The monoisotopic (exact) mass is 509 g/mol. The van der Waals surface area contributed by atoms with Gasteiger partial charge in [0.25, 0.3) is 5.91 Å². The fourth-order valence-electron chi connectivity index (χ4n) is 2.54. The molecule has 4 amide bonds. The van der Waals surface area contributed by atoms with E-state index in [4.69, 9.17) is 14.2 Å². The maximum atomic E-state index is 13.3. The summed E-state index contributed by atoms with van der Waals surface area (Å²) >= 11 is 0. The first-order valence-electron chi connectivity index (χ1n) is 11.2. The molecule has 0 heterocycles. The lowest BCUT2D eigenvalue weighted by atomic mass is 10.2. The van der Waals surface area contributed by atoms with E-state index in [1.54, 1.807) is 71.9 Å². The zero-order chi connectivity index (χ0) is 27.7. The number of carbonyl (C=O) groups excluding carboxylic acids is 5. The molecule has 0 aliphatic rings. The Hall–Kier alpha value is -3.83. The molecule has 0 aliphatic carbocycles. The third-order valence-electron chi connectivity index (χ3n) is 4.05. The molecule has 1 atom stereocenters. The quantitative estimate of drug-likeness (QED) is 0.347. The van der Waals surface area contributed by atoms with Crippen LogP contribution in [0.2, 0.25) is 0 Å². The van der Waals surface area contributed by atoms with Gasteiger partial charge in [-0.3, -0.25) is 9.59 Å². The van der Waals surface area contributed by atoms with Crippen molar-refractivity contribution in [2.24, 2.45) is 0 Å². The Balaban J connectivity index is 3.18. The summed E-state index contributed by atoms with van der Waals surface area (Å²) in [5.41, 5.74) is -1.38. The lowest BCUT2D eigenvalue weighted by molar-refractivity contribution is -0.159. The zero-order valence-corrected chi connectivity index (χ0v) is 21.9. The summed E-state index contributed by atoms with van der Waals surface area (Å²) in [5, 5.41) is 3.08. The second-order valence-electron chi connectivity index (χ2n) is 9.67. The number of imide groups is 1. The molecule has 200 valence electrons. The molecule has 0 saturated heterocycles. The van der Waals surface area contributed by atoms with E-state index in [2.05, 4.69) is 10.1 Å². The van der Waals surface area contributed by atoms with Crippen LogP contribution in [0.1, 0.15) is 54.0 Å². The number of hydrogen-bond donors (Lipinski definition) is 1. The molecule has 36 heavy (non-hydrogen) atoms. The van der Waals surface area contributed by atoms with Crippen LogP contribution in [-0.2, 0) is 35.1 Å². The average molecular weight is 510 g/mol. The molecule has 0 bridgehead atoms. The molecule has 1 unspecified atom stereocenters. The molecule has 0 spiro atoms. The van der Waals surface area contributed by atoms with Crippen LogP contribution in [0.25, 0.3) is 0 Å². The van der Waals surface area contributed by atoms with Crippen molar-refractivity contribution in [2.75, 3.05) is 13.7 Å². The fourth-order valence-corrected chi connectivity index (χ4v) is 2.54. The maximum Gasteiger partial charge on any atom is 0.439 e. The average Bonchev–Trinajstić information content (AvgIpc) is 2.74. The van der Waals surface area contributed by atoms with Crippen molar-refractivity contribution in [2.45, 2.75) is 72.3 Å². The highest BCUT2D eigenvalue weighted by molar-refractivity contribution is 5.95. The van der Waals surface area contributed by atoms with Crippen molar-refractivity contribution >= 4 is 30.2 Å². The third kappa shape index (κ3) is 10.6. The minimum absolute atomic E-state index is 0.0542. The van der Waals surface area contributed by atoms with E-state index in [9.17, 15) is 24.0 Å². The number of alkyl carbamates (subject to hydrolysis) is 1. The van der Waals surface area contributed by atoms with E-state index in [-0.39, 0.29) is 11.6 Å². The summed E-state index contributed by atoms with van der Waals surface area (Å²) < 4.78 is 20.2. The van der Waals surface area contributed by atoms with Gasteiger partial charge in [-0.05, 0) is 54.0 Å². The lowest BCUT2D eigenvalue weighted by Gasteiger charge is -2.35. The van der Waals surface area contributed by atoms with Gasteiger partial charge in [-0.2, -0.15) is 0 Å². The number of rotatable bonds is 6. The number of nitrogens with one attached hydrogen (secondary N) is 1. The van der Waals surface area contributed by atoms with Crippen LogP contribution in [0, 0.1) is 0 Å². The van der Waals surface area contributed by atoms with Gasteiger partial charge in [-0.25, -0.2) is 19.4 Å². The topological polar surface area (TPSA) is 141 Å². The first-order valence-corrected chi connectivity index (χ1v) is 11.2. The molecular formula is C24H35N3O9. The highest BCUT2D eigenvalue weighted by atomic mass is 16.6. The van der Waals surface area contributed by atoms with E-state index in [1.807, 2.05) is 0 Å².